The van der Waals surface area contributed by atoms with E-state index < -0.39 is 44.3 Å². The molecule has 0 heterocycles. The minimum atomic E-state index is -3.80. The van der Waals surface area contributed by atoms with Crippen LogP contribution in [0, 0.1) is 17.2 Å². The minimum absolute atomic E-state index is 0.0616. The molecular weight excluding hydrogens is 419 g/mol. The van der Waals surface area contributed by atoms with Crippen molar-refractivity contribution in [3.05, 3.63) is 29.1 Å². The van der Waals surface area contributed by atoms with Crippen LogP contribution in [0.5, 0.6) is 5.75 Å². The Balaban J connectivity index is 1.37. The molecule has 0 radical (unpaired) electrons. The highest BCUT2D eigenvalue weighted by Crippen LogP contribution is 2.72. The van der Waals surface area contributed by atoms with Crippen LogP contribution in [0.4, 0.5) is 13.2 Å². The van der Waals surface area contributed by atoms with E-state index in [1.165, 1.54) is 6.07 Å². The summed E-state index contributed by atoms with van der Waals surface area (Å²) in [5.74, 6) is -5.11. The highest BCUT2D eigenvalue weighted by molar-refractivity contribution is 7.91. The van der Waals surface area contributed by atoms with Crippen LogP contribution < -0.4 is 9.46 Å². The lowest BCUT2D eigenvalue weighted by atomic mass is 9.89. The predicted molar refractivity (Wildman–Crippen MR) is 103 cm³/mol. The highest BCUT2D eigenvalue weighted by atomic mass is 32.2. The van der Waals surface area contributed by atoms with Crippen molar-refractivity contribution in [2.75, 3.05) is 6.61 Å². The number of halogens is 3. The van der Waals surface area contributed by atoms with Crippen LogP contribution in [0.2, 0.25) is 0 Å². The van der Waals surface area contributed by atoms with Gasteiger partial charge in [0, 0.05) is 12.0 Å². The molecule has 5 rings (SSSR count). The molecule has 1 unspecified atom stereocenters. The largest absolute Gasteiger partial charge is 0.492 e. The number of nitrogens with one attached hydrogen (secondary N) is 1. The summed E-state index contributed by atoms with van der Waals surface area (Å²) in [4.78, 5) is 12.4. The average molecular weight is 443 g/mol. The maximum absolute atomic E-state index is 14.7. The summed E-state index contributed by atoms with van der Waals surface area (Å²) in [6.07, 6.45) is 5.02. The van der Waals surface area contributed by atoms with Crippen LogP contribution in [0.15, 0.2) is 12.1 Å². The number of benzene rings is 1. The first kappa shape index (κ1) is 20.2. The molecule has 1 aromatic rings. The first-order valence-electron chi connectivity index (χ1n) is 10.6. The van der Waals surface area contributed by atoms with Crippen LogP contribution >= 0.6 is 0 Å². The summed E-state index contributed by atoms with van der Waals surface area (Å²) < 4.78 is 75.1. The molecule has 0 aliphatic heterocycles. The van der Waals surface area contributed by atoms with Crippen molar-refractivity contribution in [3.8, 4) is 5.75 Å². The molecule has 164 valence electrons. The third kappa shape index (κ3) is 3.20. The maximum atomic E-state index is 14.7. The number of hydrogen-bond donors (Lipinski definition) is 1. The molecule has 1 aromatic carbocycles. The zero-order chi connectivity index (χ0) is 21.3. The highest BCUT2D eigenvalue weighted by Gasteiger charge is 2.80. The number of fused-ring (bicyclic) bond motifs is 1. The zero-order valence-corrected chi connectivity index (χ0v) is 17.2. The number of amides is 1. The van der Waals surface area contributed by atoms with E-state index in [4.69, 9.17) is 4.74 Å². The summed E-state index contributed by atoms with van der Waals surface area (Å²) in [6, 6.07) is 2.36. The van der Waals surface area contributed by atoms with Crippen LogP contribution in [-0.2, 0) is 10.0 Å². The summed E-state index contributed by atoms with van der Waals surface area (Å²) in [7, 11) is -3.80. The fourth-order valence-electron chi connectivity index (χ4n) is 4.88. The SMILES string of the molecule is O=C(NS(=O)(=O)C1CC1)c1cc(C2CC2)c(OC[C@@]23CCCCC2C3(F)F)cc1F. The average Bonchev–Trinajstić information content (AvgIpc) is 3.56. The monoisotopic (exact) mass is 443 g/mol. The van der Waals surface area contributed by atoms with Gasteiger partial charge < -0.3 is 4.74 Å². The van der Waals surface area contributed by atoms with Crippen LogP contribution in [-0.4, -0.2) is 32.1 Å². The lowest BCUT2D eigenvalue weighted by molar-refractivity contribution is 0.0368. The number of carbonyl (C=O) groups excluding carboxylic acids is 1. The second-order valence-electron chi connectivity index (χ2n) is 9.19. The zero-order valence-electron chi connectivity index (χ0n) is 16.4. The van der Waals surface area contributed by atoms with E-state index in [0.717, 1.165) is 31.7 Å². The third-order valence-corrected chi connectivity index (χ3v) is 8.91. The molecule has 1 amide bonds. The van der Waals surface area contributed by atoms with Crippen LogP contribution in [0.3, 0.4) is 0 Å². The molecular formula is C21H24F3NO4S. The molecule has 0 spiro atoms. The van der Waals surface area contributed by atoms with Crippen molar-refractivity contribution in [2.24, 2.45) is 11.3 Å². The Bertz CT molecular complexity index is 1000. The Morgan fingerprint density at radius 1 is 1.13 bits per heavy atom. The molecule has 4 aliphatic carbocycles. The van der Waals surface area contributed by atoms with Crippen molar-refractivity contribution in [3.63, 3.8) is 0 Å². The van der Waals surface area contributed by atoms with Crippen LogP contribution in [0.25, 0.3) is 0 Å². The Labute approximate surface area is 173 Å². The van der Waals surface area contributed by atoms with Crippen molar-refractivity contribution in [1.82, 2.24) is 4.72 Å². The van der Waals surface area contributed by atoms with Gasteiger partial charge in [0.2, 0.25) is 10.0 Å². The van der Waals surface area contributed by atoms with Gasteiger partial charge in [0.25, 0.3) is 11.8 Å². The second-order valence-corrected chi connectivity index (χ2v) is 11.1. The van der Waals surface area contributed by atoms with E-state index in [2.05, 4.69) is 0 Å². The number of ether oxygens (including phenoxy) is 1. The van der Waals surface area contributed by atoms with Crippen molar-refractivity contribution >= 4 is 15.9 Å². The van der Waals surface area contributed by atoms with E-state index in [1.807, 2.05) is 4.72 Å². The first-order chi connectivity index (χ1) is 14.2. The van der Waals surface area contributed by atoms with Gasteiger partial charge in [-0.2, -0.15) is 0 Å². The number of carbonyl (C=O) groups is 1. The molecule has 0 saturated heterocycles. The van der Waals surface area contributed by atoms with Gasteiger partial charge in [0.05, 0.1) is 16.2 Å². The maximum Gasteiger partial charge on any atom is 0.267 e. The van der Waals surface area contributed by atoms with Gasteiger partial charge in [0.1, 0.15) is 18.2 Å². The Morgan fingerprint density at radius 2 is 1.87 bits per heavy atom. The third-order valence-electron chi connectivity index (χ3n) is 7.10. The van der Waals surface area contributed by atoms with Crippen molar-refractivity contribution in [2.45, 2.75) is 68.5 Å². The van der Waals surface area contributed by atoms with Gasteiger partial charge in [-0.25, -0.2) is 26.3 Å². The standard InChI is InChI=1S/C21H24F3NO4S/c22-16-10-17(29-11-20-8-2-1-3-18(20)21(20,23)24)14(12-4-5-12)9-15(16)19(26)25-30(27,28)13-6-7-13/h9-10,12-13,18H,1-8,11H2,(H,25,26)/t18?,20-/m0/s1. The quantitative estimate of drug-likeness (QED) is 0.688. The van der Waals surface area contributed by atoms with Gasteiger partial charge >= 0.3 is 0 Å². The van der Waals surface area contributed by atoms with Gasteiger partial charge in [-0.1, -0.05) is 12.8 Å². The lowest BCUT2D eigenvalue weighted by Gasteiger charge is -2.22. The Hall–Kier alpha value is -1.77. The molecule has 0 bridgehead atoms. The molecule has 1 N–H and O–H groups in total. The lowest BCUT2D eigenvalue weighted by Crippen LogP contribution is -2.33. The molecule has 4 aliphatic rings. The fourth-order valence-corrected chi connectivity index (χ4v) is 6.18. The van der Waals surface area contributed by atoms with E-state index >= 15 is 0 Å². The van der Waals surface area contributed by atoms with Gasteiger partial charge in [-0.3, -0.25) is 4.79 Å². The number of hydrogen-bond acceptors (Lipinski definition) is 4. The molecule has 30 heavy (non-hydrogen) atoms. The smallest absolute Gasteiger partial charge is 0.267 e. The normalized spacial score (nSPS) is 29.8. The van der Waals surface area contributed by atoms with Crippen LogP contribution in [0.1, 0.15) is 73.2 Å². The molecule has 5 nitrogen and oxygen atoms in total. The van der Waals surface area contributed by atoms with Crippen molar-refractivity contribution < 1.29 is 31.1 Å². The molecule has 0 aromatic heterocycles. The first-order valence-corrected chi connectivity index (χ1v) is 12.1. The van der Waals surface area contributed by atoms with E-state index in [9.17, 15) is 26.4 Å². The van der Waals surface area contributed by atoms with E-state index in [1.54, 1.807) is 0 Å². The van der Waals surface area contributed by atoms with E-state index in [0.29, 0.717) is 31.2 Å². The van der Waals surface area contributed by atoms with Gasteiger partial charge in [-0.15, -0.1) is 0 Å². The van der Waals surface area contributed by atoms with Gasteiger partial charge in [-0.05, 0) is 56.1 Å². The summed E-state index contributed by atoms with van der Waals surface area (Å²) in [6.45, 7) is -0.175. The second kappa shape index (κ2) is 6.61. The summed E-state index contributed by atoms with van der Waals surface area (Å²) >= 11 is 0. The molecule has 4 fully saturated rings. The van der Waals surface area contributed by atoms with Gasteiger partial charge in [0.15, 0.2) is 0 Å². The summed E-state index contributed by atoms with van der Waals surface area (Å²) in [5.41, 5.74) is -0.950. The molecule has 2 atom stereocenters. The number of sulfonamides is 1. The molecule has 9 heteroatoms. The number of rotatable bonds is 7. The Morgan fingerprint density at radius 3 is 2.50 bits per heavy atom. The predicted octanol–water partition coefficient (Wildman–Crippen LogP) is 4.13. The fraction of sp³-hybridized carbons (Fsp3) is 0.667. The molecule has 4 saturated carbocycles. The summed E-state index contributed by atoms with van der Waals surface area (Å²) in [5, 5.41) is -0.599. The van der Waals surface area contributed by atoms with E-state index in [-0.39, 0.29) is 23.8 Å². The minimum Gasteiger partial charge on any atom is -0.492 e. The number of alkyl halides is 2. The topological polar surface area (TPSA) is 72.5 Å². The Kier molecular flexibility index (Phi) is 4.44. The van der Waals surface area contributed by atoms with Crippen molar-refractivity contribution in [1.29, 1.82) is 0 Å².